The predicted octanol–water partition coefficient (Wildman–Crippen LogP) is 4.73. The first-order valence-electron chi connectivity index (χ1n) is 12.5. The number of fused-ring (bicyclic) bond motifs is 3. The van der Waals surface area contributed by atoms with Crippen molar-refractivity contribution in [2.75, 3.05) is 11.7 Å². The highest BCUT2D eigenvalue weighted by molar-refractivity contribution is 7.98. The molecule has 190 valence electrons. The van der Waals surface area contributed by atoms with Crippen LogP contribution in [0.25, 0.3) is 0 Å². The first-order chi connectivity index (χ1) is 17.8. The highest BCUT2D eigenvalue weighted by atomic mass is 32.2. The molecule has 1 amide bonds. The van der Waals surface area contributed by atoms with Crippen molar-refractivity contribution in [2.45, 2.75) is 47.9 Å². The van der Waals surface area contributed by atoms with Gasteiger partial charge in [0, 0.05) is 41.3 Å². The summed E-state index contributed by atoms with van der Waals surface area (Å²) in [6.45, 7) is 0.213. The lowest BCUT2D eigenvalue weighted by atomic mass is 9.76. The van der Waals surface area contributed by atoms with Crippen molar-refractivity contribution in [1.82, 2.24) is 9.58 Å². The van der Waals surface area contributed by atoms with E-state index in [0.717, 1.165) is 21.8 Å². The lowest BCUT2D eigenvalue weighted by Crippen LogP contribution is -2.60. The van der Waals surface area contributed by atoms with Gasteiger partial charge in [-0.05, 0) is 41.5 Å². The molecule has 7 rings (SSSR count). The van der Waals surface area contributed by atoms with Crippen molar-refractivity contribution >= 4 is 17.7 Å². The lowest BCUT2D eigenvalue weighted by Gasteiger charge is -2.50. The van der Waals surface area contributed by atoms with E-state index in [1.165, 1.54) is 11.6 Å². The van der Waals surface area contributed by atoms with Crippen molar-refractivity contribution in [3.05, 3.63) is 93.4 Å². The zero-order valence-electron chi connectivity index (χ0n) is 19.9. The molecule has 2 aromatic carbocycles. The zero-order valence-corrected chi connectivity index (χ0v) is 20.7. The Hall–Kier alpha value is -3.33. The van der Waals surface area contributed by atoms with E-state index in [2.05, 4.69) is 24.3 Å². The number of benzene rings is 2. The number of hydrogen-bond acceptors (Lipinski definition) is 5. The van der Waals surface area contributed by atoms with Gasteiger partial charge >= 0.3 is 0 Å². The third-order valence-electron chi connectivity index (χ3n) is 8.37. The Bertz CT molecular complexity index is 1440. The number of aromatic nitrogens is 1. The van der Waals surface area contributed by atoms with E-state index in [1.807, 2.05) is 29.3 Å². The predicted molar refractivity (Wildman–Crippen MR) is 135 cm³/mol. The molecule has 4 aliphatic rings. The highest BCUT2D eigenvalue weighted by Crippen LogP contribution is 2.58. The second-order valence-corrected chi connectivity index (χ2v) is 11.5. The van der Waals surface area contributed by atoms with Crippen LogP contribution in [0.4, 0.5) is 8.78 Å². The van der Waals surface area contributed by atoms with Crippen LogP contribution in [0.5, 0.6) is 5.75 Å². The van der Waals surface area contributed by atoms with Crippen LogP contribution in [-0.2, 0) is 5.75 Å². The minimum atomic E-state index is -2.59. The molecule has 2 aliphatic heterocycles. The van der Waals surface area contributed by atoms with Crippen molar-refractivity contribution in [3.63, 3.8) is 0 Å². The second-order valence-electron chi connectivity index (χ2n) is 10.5. The van der Waals surface area contributed by atoms with Crippen LogP contribution in [0.1, 0.15) is 52.5 Å². The average molecular weight is 522 g/mol. The number of hydrogen-bond donors (Lipinski definition) is 1. The fourth-order valence-electron chi connectivity index (χ4n) is 6.22. The van der Waals surface area contributed by atoms with Gasteiger partial charge < -0.3 is 10.0 Å². The summed E-state index contributed by atoms with van der Waals surface area (Å²) in [6, 6.07) is 17.1. The van der Waals surface area contributed by atoms with E-state index < -0.39 is 28.9 Å². The molecule has 9 heteroatoms. The van der Waals surface area contributed by atoms with Gasteiger partial charge in [-0.1, -0.05) is 42.5 Å². The molecule has 0 radical (unpaired) electrons. The summed E-state index contributed by atoms with van der Waals surface area (Å²) in [4.78, 5) is 28.9. The number of halogens is 2. The van der Waals surface area contributed by atoms with E-state index in [1.54, 1.807) is 27.5 Å². The number of carbonyl (C=O) groups excluding carboxylic acids is 1. The van der Waals surface area contributed by atoms with Crippen molar-refractivity contribution in [2.24, 2.45) is 11.8 Å². The molecule has 6 nitrogen and oxygen atoms in total. The number of alkyl halides is 2. The van der Waals surface area contributed by atoms with Crippen LogP contribution < -0.4 is 10.4 Å². The third-order valence-corrected chi connectivity index (χ3v) is 9.51. The number of amides is 1. The SMILES string of the molecule is O=C1c2c(O)c(=O)ccn2N([C@H]2c3ccccc3CSc3ccccc32)CN1C1CC(C2CC2(F)F)C1. The maximum absolute atomic E-state index is 13.7. The zero-order chi connectivity index (χ0) is 25.5. The Balaban J connectivity index is 1.34. The van der Waals surface area contributed by atoms with E-state index in [0.29, 0.717) is 12.8 Å². The van der Waals surface area contributed by atoms with Gasteiger partial charge in [-0.25, -0.2) is 8.78 Å². The van der Waals surface area contributed by atoms with Gasteiger partial charge in [0.25, 0.3) is 11.8 Å². The van der Waals surface area contributed by atoms with E-state index in [4.69, 9.17) is 0 Å². The Labute approximate surface area is 216 Å². The van der Waals surface area contributed by atoms with E-state index in [9.17, 15) is 23.5 Å². The molecule has 1 N–H and O–H groups in total. The quantitative estimate of drug-likeness (QED) is 0.540. The van der Waals surface area contributed by atoms with Gasteiger partial charge in [-0.3, -0.25) is 19.3 Å². The van der Waals surface area contributed by atoms with Crippen LogP contribution in [0.3, 0.4) is 0 Å². The Morgan fingerprint density at radius 2 is 1.68 bits per heavy atom. The first-order valence-corrected chi connectivity index (χ1v) is 13.5. The maximum atomic E-state index is 13.7. The molecule has 3 heterocycles. The van der Waals surface area contributed by atoms with Crippen LogP contribution in [0.2, 0.25) is 0 Å². The summed E-state index contributed by atoms with van der Waals surface area (Å²) < 4.78 is 28.9. The fourth-order valence-corrected chi connectivity index (χ4v) is 7.31. The smallest absolute Gasteiger partial charge is 0.278 e. The number of aromatic hydroxyl groups is 1. The van der Waals surface area contributed by atoms with Crippen LogP contribution in [0, 0.1) is 11.8 Å². The molecule has 2 fully saturated rings. The maximum Gasteiger partial charge on any atom is 0.278 e. The number of thioether (sulfide) groups is 1. The van der Waals surface area contributed by atoms with Gasteiger partial charge in [-0.2, -0.15) is 0 Å². The molecule has 2 atom stereocenters. The normalized spacial score (nSPS) is 27.5. The van der Waals surface area contributed by atoms with Crippen molar-refractivity contribution in [3.8, 4) is 5.75 Å². The Kier molecular flexibility index (Phi) is 4.99. The van der Waals surface area contributed by atoms with E-state index in [-0.39, 0.29) is 36.8 Å². The molecule has 0 spiro atoms. The molecular weight excluding hydrogens is 496 g/mol. The van der Waals surface area contributed by atoms with Gasteiger partial charge in [0.1, 0.15) is 6.67 Å². The third kappa shape index (κ3) is 3.50. The fraction of sp³-hybridized carbons (Fsp3) is 0.357. The molecule has 2 aliphatic carbocycles. The van der Waals surface area contributed by atoms with Gasteiger partial charge in [0.15, 0.2) is 11.4 Å². The van der Waals surface area contributed by atoms with Gasteiger partial charge in [-0.15, -0.1) is 11.8 Å². The molecule has 0 saturated heterocycles. The van der Waals surface area contributed by atoms with Gasteiger partial charge in [0.2, 0.25) is 5.43 Å². The molecule has 37 heavy (non-hydrogen) atoms. The van der Waals surface area contributed by atoms with Crippen LogP contribution in [-0.4, -0.2) is 39.2 Å². The largest absolute Gasteiger partial charge is 0.502 e. The summed E-state index contributed by atoms with van der Waals surface area (Å²) >= 11 is 1.75. The molecule has 0 bridgehead atoms. The molecule has 1 aromatic heterocycles. The minimum Gasteiger partial charge on any atom is -0.502 e. The van der Waals surface area contributed by atoms with Crippen LogP contribution in [0.15, 0.2) is 70.5 Å². The number of pyridine rings is 1. The summed E-state index contributed by atoms with van der Waals surface area (Å²) in [5.41, 5.74) is 2.62. The summed E-state index contributed by atoms with van der Waals surface area (Å²) in [5.74, 6) is -3.52. The average Bonchev–Trinajstić information content (AvgIpc) is 3.53. The lowest BCUT2D eigenvalue weighted by molar-refractivity contribution is 0.0155. The number of carbonyl (C=O) groups is 1. The Morgan fingerprint density at radius 3 is 2.43 bits per heavy atom. The van der Waals surface area contributed by atoms with Crippen LogP contribution >= 0.6 is 11.8 Å². The molecule has 2 saturated carbocycles. The molecule has 1 unspecified atom stereocenters. The number of rotatable bonds is 3. The topological polar surface area (TPSA) is 65.8 Å². The van der Waals surface area contributed by atoms with Crippen molar-refractivity contribution < 1.29 is 18.7 Å². The minimum absolute atomic E-state index is 0.0726. The summed E-state index contributed by atoms with van der Waals surface area (Å²) in [6.07, 6.45) is 2.48. The van der Waals surface area contributed by atoms with E-state index >= 15 is 0 Å². The monoisotopic (exact) mass is 521 g/mol. The number of nitrogens with zero attached hydrogens (tertiary/aromatic N) is 3. The molecular formula is C28H25F2N3O3S. The second kappa shape index (κ2) is 8.08. The summed E-state index contributed by atoms with van der Waals surface area (Å²) in [5, 5.41) is 12.8. The Morgan fingerprint density at radius 1 is 0.973 bits per heavy atom. The highest BCUT2D eigenvalue weighted by Gasteiger charge is 2.63. The van der Waals surface area contributed by atoms with Crippen molar-refractivity contribution in [1.29, 1.82) is 0 Å². The standard InChI is InChI=1S/C28H25F2N3O3S/c29-28(30)13-21(28)17-11-18(12-17)31-15-33(32-10-9-22(34)26(35)25(32)27(31)36)24-19-6-2-1-5-16(19)14-37-23-8-4-3-7-20(23)24/h1-10,17-18,21,24,35H,11-15H2/t17?,18?,21?,24-/m0/s1. The summed E-state index contributed by atoms with van der Waals surface area (Å²) in [7, 11) is 0. The van der Waals surface area contributed by atoms with Gasteiger partial charge in [0.05, 0.1) is 6.04 Å². The molecule has 3 aromatic rings. The first kappa shape index (κ1) is 22.8.